The zero-order valence-corrected chi connectivity index (χ0v) is 28.2. The van der Waals surface area contributed by atoms with Crippen LogP contribution in [0.5, 0.6) is 0 Å². The minimum absolute atomic E-state index is 0.00839. The van der Waals surface area contributed by atoms with Crippen LogP contribution in [0.15, 0.2) is 108 Å². The zero-order chi connectivity index (χ0) is 32.4. The van der Waals surface area contributed by atoms with Gasteiger partial charge in [-0.05, 0) is 74.8 Å². The van der Waals surface area contributed by atoms with Crippen LogP contribution in [-0.2, 0) is 10.8 Å². The lowest BCUT2D eigenvalue weighted by molar-refractivity contribution is 0.590. The van der Waals surface area contributed by atoms with Crippen LogP contribution in [0.2, 0.25) is 0 Å². The van der Waals surface area contributed by atoms with Gasteiger partial charge in [-0.3, -0.25) is 0 Å². The maximum Gasteiger partial charge on any atom is 0.333 e. The Morgan fingerprint density at radius 1 is 0.542 bits per heavy atom. The lowest BCUT2D eigenvalue weighted by atomic mass is 9.45. The van der Waals surface area contributed by atoms with Gasteiger partial charge in [-0.15, -0.1) is 0 Å². The summed E-state index contributed by atoms with van der Waals surface area (Å²) in [6.45, 7) is 14.0. The van der Waals surface area contributed by atoms with E-state index in [1.54, 1.807) is 0 Å². The van der Waals surface area contributed by atoms with Crippen molar-refractivity contribution < 1.29 is 4.42 Å². The highest BCUT2D eigenvalue weighted by molar-refractivity contribution is 6.90. The predicted molar refractivity (Wildman–Crippen MR) is 204 cm³/mol. The molecular weight excluding hydrogens is 583 g/mol. The normalized spacial score (nSPS) is 14.0. The standard InChI is InChI=1S/C44H35BN2O/c1-43(2,3)24-18-19-34-30(20-24)32-21-25(44(4,5)6)22-33-41(32)46(34)42-38-29-13-8-10-17-36(29)48-37(38)23-31-28-15-11-14-27-26-12-7-9-16-35(26)47(40(27)28)45(33)39(31)42/h7-23H,1-6H3. The van der Waals surface area contributed by atoms with Crippen LogP contribution in [0, 0.1) is 0 Å². The number of rotatable bonds is 0. The first-order chi connectivity index (χ1) is 23.1. The summed E-state index contributed by atoms with van der Waals surface area (Å²) in [5, 5.41) is 7.64. The highest BCUT2D eigenvalue weighted by Crippen LogP contribution is 2.47. The molecule has 0 amide bonds. The van der Waals surface area contributed by atoms with Crippen molar-refractivity contribution in [2.24, 2.45) is 0 Å². The molecule has 0 atom stereocenters. The molecule has 0 unspecified atom stereocenters. The zero-order valence-electron chi connectivity index (χ0n) is 28.2. The van der Waals surface area contributed by atoms with Crippen molar-refractivity contribution in [2.75, 3.05) is 0 Å². The van der Waals surface area contributed by atoms with Gasteiger partial charge in [-0.1, -0.05) is 108 Å². The molecule has 0 bridgehead atoms. The van der Waals surface area contributed by atoms with Crippen molar-refractivity contribution in [3.63, 3.8) is 0 Å². The van der Waals surface area contributed by atoms with Gasteiger partial charge in [-0.2, -0.15) is 0 Å². The van der Waals surface area contributed by atoms with E-state index in [9.17, 15) is 0 Å². The van der Waals surface area contributed by atoms with E-state index in [-0.39, 0.29) is 17.7 Å². The van der Waals surface area contributed by atoms with Gasteiger partial charge >= 0.3 is 6.85 Å². The van der Waals surface area contributed by atoms with Crippen LogP contribution < -0.4 is 10.9 Å². The van der Waals surface area contributed by atoms with Gasteiger partial charge in [0.05, 0.1) is 22.1 Å². The van der Waals surface area contributed by atoms with Crippen LogP contribution in [-0.4, -0.2) is 15.9 Å². The number of hydrogen-bond donors (Lipinski definition) is 0. The first kappa shape index (κ1) is 26.8. The van der Waals surface area contributed by atoms with E-state index in [0.717, 1.165) is 11.2 Å². The third kappa shape index (κ3) is 3.12. The van der Waals surface area contributed by atoms with E-state index < -0.39 is 0 Å². The first-order valence-corrected chi connectivity index (χ1v) is 17.2. The van der Waals surface area contributed by atoms with Crippen molar-refractivity contribution in [3.05, 3.63) is 114 Å². The van der Waals surface area contributed by atoms with Crippen LogP contribution >= 0.6 is 0 Å². The quantitative estimate of drug-likeness (QED) is 0.155. The Labute approximate surface area is 279 Å². The molecule has 0 saturated heterocycles. The van der Waals surface area contributed by atoms with Gasteiger partial charge in [0, 0.05) is 43.5 Å². The molecule has 4 heteroatoms. The molecule has 230 valence electrons. The van der Waals surface area contributed by atoms with Gasteiger partial charge in [0.2, 0.25) is 0 Å². The van der Waals surface area contributed by atoms with E-state index in [1.165, 1.54) is 93.3 Å². The molecule has 0 saturated carbocycles. The molecule has 9 aromatic rings. The summed E-state index contributed by atoms with van der Waals surface area (Å²) in [7, 11) is 0. The number of nitrogens with zero attached hydrogens (tertiary/aromatic N) is 2. The second-order valence-electron chi connectivity index (χ2n) is 16.2. The summed E-state index contributed by atoms with van der Waals surface area (Å²) in [6, 6.07) is 39.0. The Morgan fingerprint density at radius 3 is 2.08 bits per heavy atom. The van der Waals surface area contributed by atoms with E-state index in [1.807, 2.05) is 0 Å². The summed E-state index contributed by atoms with van der Waals surface area (Å²) in [6.07, 6.45) is 0. The van der Waals surface area contributed by atoms with Crippen LogP contribution in [0.1, 0.15) is 52.7 Å². The molecule has 0 N–H and O–H groups in total. The molecule has 3 aromatic heterocycles. The smallest absolute Gasteiger partial charge is 0.333 e. The molecule has 0 fully saturated rings. The number of benzene rings is 6. The maximum atomic E-state index is 6.74. The Morgan fingerprint density at radius 2 is 1.27 bits per heavy atom. The van der Waals surface area contributed by atoms with Crippen molar-refractivity contribution in [1.29, 1.82) is 0 Å². The molecule has 0 spiro atoms. The van der Waals surface area contributed by atoms with Gasteiger partial charge in [0.15, 0.2) is 0 Å². The number of furan rings is 1. The van der Waals surface area contributed by atoms with E-state index in [2.05, 4.69) is 154 Å². The molecule has 2 aliphatic rings. The average molecular weight is 619 g/mol. The third-order valence-corrected chi connectivity index (χ3v) is 11.4. The number of fused-ring (bicyclic) bond motifs is 14. The van der Waals surface area contributed by atoms with E-state index in [4.69, 9.17) is 4.42 Å². The Hall–Kier alpha value is -5.22. The average Bonchev–Trinajstić information content (AvgIpc) is 3.72. The molecule has 0 aliphatic carbocycles. The fourth-order valence-corrected chi connectivity index (χ4v) is 9.09. The first-order valence-electron chi connectivity index (χ1n) is 17.2. The van der Waals surface area contributed by atoms with Gasteiger partial charge in [0.1, 0.15) is 11.2 Å². The molecule has 0 radical (unpaired) electrons. The van der Waals surface area contributed by atoms with E-state index in [0.29, 0.717) is 0 Å². The fraction of sp³-hybridized carbons (Fsp3) is 0.182. The number of hydrogen-bond acceptors (Lipinski definition) is 1. The minimum Gasteiger partial charge on any atom is -0.456 e. The minimum atomic E-state index is -0.0186. The number of aromatic nitrogens is 2. The molecular formula is C44H35BN2O. The topological polar surface area (TPSA) is 23.0 Å². The SMILES string of the molecule is CC(C)(C)c1ccc2c(c1)c1cc(C(C)(C)C)cc3c1n2-c1c2c(cc4oc5ccccc5c14)-c1cccc4c5ccccc5n(c14)B23. The second kappa shape index (κ2) is 8.43. The monoisotopic (exact) mass is 618 g/mol. The molecule has 3 nitrogen and oxygen atoms in total. The number of para-hydroxylation sites is 3. The van der Waals surface area contributed by atoms with Gasteiger partial charge in [-0.25, -0.2) is 0 Å². The van der Waals surface area contributed by atoms with Crippen molar-refractivity contribution in [1.82, 2.24) is 9.05 Å². The van der Waals surface area contributed by atoms with Crippen molar-refractivity contribution in [3.8, 4) is 16.8 Å². The second-order valence-corrected chi connectivity index (χ2v) is 16.2. The lowest BCUT2D eigenvalue weighted by Gasteiger charge is -2.35. The largest absolute Gasteiger partial charge is 0.456 e. The maximum absolute atomic E-state index is 6.74. The van der Waals surface area contributed by atoms with Crippen molar-refractivity contribution in [2.45, 2.75) is 52.4 Å². The highest BCUT2D eigenvalue weighted by atomic mass is 16.3. The summed E-state index contributed by atoms with van der Waals surface area (Å²) in [5.41, 5.74) is 16.3. The fourth-order valence-electron chi connectivity index (χ4n) is 9.09. The molecule has 11 rings (SSSR count). The molecule has 48 heavy (non-hydrogen) atoms. The van der Waals surface area contributed by atoms with E-state index >= 15 is 0 Å². The Kier molecular flexibility index (Phi) is 4.71. The summed E-state index contributed by atoms with van der Waals surface area (Å²) >= 11 is 0. The van der Waals surface area contributed by atoms with Gasteiger partial charge in [0.25, 0.3) is 0 Å². The van der Waals surface area contributed by atoms with Gasteiger partial charge < -0.3 is 13.5 Å². The predicted octanol–water partition coefficient (Wildman–Crippen LogP) is 10.3. The molecule has 5 heterocycles. The third-order valence-electron chi connectivity index (χ3n) is 11.4. The van der Waals surface area contributed by atoms with Crippen LogP contribution in [0.4, 0.5) is 0 Å². The highest BCUT2D eigenvalue weighted by Gasteiger charge is 2.43. The summed E-state index contributed by atoms with van der Waals surface area (Å²) in [5.74, 6) is 0. The Balaban J connectivity index is 1.45. The van der Waals surface area contributed by atoms with Crippen molar-refractivity contribution >= 4 is 83.3 Å². The Bertz CT molecular complexity index is 2920. The van der Waals surface area contributed by atoms with Crippen LogP contribution in [0.3, 0.4) is 0 Å². The molecule has 6 aromatic carbocycles. The molecule has 2 aliphatic heterocycles. The summed E-state index contributed by atoms with van der Waals surface area (Å²) < 4.78 is 12.0. The lowest BCUT2D eigenvalue weighted by Crippen LogP contribution is -2.55. The van der Waals surface area contributed by atoms with Crippen LogP contribution in [0.25, 0.3) is 82.4 Å². The summed E-state index contributed by atoms with van der Waals surface area (Å²) in [4.78, 5) is 0.